The molecule has 1 saturated heterocycles. The van der Waals surface area contributed by atoms with Crippen LogP contribution in [0.3, 0.4) is 0 Å². The molecule has 0 radical (unpaired) electrons. The van der Waals surface area contributed by atoms with Gasteiger partial charge in [-0.15, -0.1) is 0 Å². The first kappa shape index (κ1) is 16.7. The number of hydrogen-bond donors (Lipinski definition) is 1. The maximum Gasteiger partial charge on any atom is 0.435 e. The first-order valence-electron chi connectivity index (χ1n) is 7.38. The Labute approximate surface area is 134 Å². The lowest BCUT2D eigenvalue weighted by Crippen LogP contribution is -2.45. The van der Waals surface area contributed by atoms with Crippen LogP contribution in [0.25, 0.3) is 0 Å². The third-order valence-electron chi connectivity index (χ3n) is 4.93. The number of carboxylic acid groups (broad SMARTS) is 1. The number of carboxylic acids is 1. The molecule has 0 unspecified atom stereocenters. The summed E-state index contributed by atoms with van der Waals surface area (Å²) < 4.78 is 53.3. The van der Waals surface area contributed by atoms with E-state index in [4.69, 9.17) is 0 Å². The lowest BCUT2D eigenvalue weighted by Gasteiger charge is -2.27. The third-order valence-corrected chi connectivity index (χ3v) is 4.93. The maximum absolute atomic E-state index is 15.0. The largest absolute Gasteiger partial charge is 0.481 e. The minimum absolute atomic E-state index is 0.0586. The van der Waals surface area contributed by atoms with Crippen LogP contribution in [0.15, 0.2) is 12.3 Å². The van der Waals surface area contributed by atoms with E-state index in [1.165, 1.54) is 0 Å². The van der Waals surface area contributed by atoms with Crippen LogP contribution in [0.1, 0.15) is 25.0 Å². The quantitative estimate of drug-likeness (QED) is 0.843. The molecule has 1 aromatic rings. The molecule has 0 aromatic carbocycles. The molecule has 2 atom stereocenters. The Kier molecular flexibility index (Phi) is 3.61. The number of aromatic nitrogens is 2. The zero-order valence-corrected chi connectivity index (χ0v) is 12.5. The summed E-state index contributed by atoms with van der Waals surface area (Å²) in [6.07, 6.45) is -2.98. The summed E-state index contributed by atoms with van der Waals surface area (Å²) >= 11 is 0. The normalized spacial score (nSPS) is 29.8. The molecule has 24 heavy (non-hydrogen) atoms. The van der Waals surface area contributed by atoms with Gasteiger partial charge in [-0.2, -0.15) is 18.3 Å². The molecule has 6 nitrogen and oxygen atoms in total. The highest BCUT2D eigenvalue weighted by Gasteiger charge is 2.66. The Morgan fingerprint density at radius 1 is 1.29 bits per heavy atom. The first-order valence-corrected chi connectivity index (χ1v) is 7.38. The number of aliphatic carboxylic acids is 1. The van der Waals surface area contributed by atoms with Gasteiger partial charge in [-0.05, 0) is 25.3 Å². The van der Waals surface area contributed by atoms with E-state index in [1.54, 1.807) is 0 Å². The van der Waals surface area contributed by atoms with Gasteiger partial charge in [-0.25, -0.2) is 4.39 Å². The summed E-state index contributed by atoms with van der Waals surface area (Å²) in [6, 6.07) is 0.737. The van der Waals surface area contributed by atoms with Crippen LogP contribution in [0, 0.1) is 5.41 Å². The predicted molar refractivity (Wildman–Crippen MR) is 71.6 cm³/mol. The van der Waals surface area contributed by atoms with E-state index >= 15 is 0 Å². The van der Waals surface area contributed by atoms with Crippen molar-refractivity contribution in [2.24, 2.45) is 5.41 Å². The topological polar surface area (TPSA) is 75.4 Å². The second-order valence-corrected chi connectivity index (χ2v) is 6.35. The van der Waals surface area contributed by atoms with Crippen LogP contribution in [0.5, 0.6) is 0 Å². The van der Waals surface area contributed by atoms with Crippen molar-refractivity contribution in [3.05, 3.63) is 18.0 Å². The highest BCUT2D eigenvalue weighted by Crippen LogP contribution is 2.54. The zero-order valence-electron chi connectivity index (χ0n) is 12.5. The van der Waals surface area contributed by atoms with Crippen LogP contribution in [-0.4, -0.2) is 50.4 Å². The fourth-order valence-corrected chi connectivity index (χ4v) is 3.65. The Balaban J connectivity index is 1.73. The molecule has 1 aromatic heterocycles. The maximum atomic E-state index is 15.0. The Bertz CT molecular complexity index is 689. The van der Waals surface area contributed by atoms with Crippen molar-refractivity contribution in [2.75, 3.05) is 13.1 Å². The summed E-state index contributed by atoms with van der Waals surface area (Å²) in [5.41, 5.74) is -4.74. The summed E-state index contributed by atoms with van der Waals surface area (Å²) in [4.78, 5) is 24.8. The van der Waals surface area contributed by atoms with Gasteiger partial charge in [0.25, 0.3) is 0 Å². The first-order chi connectivity index (χ1) is 11.1. The highest BCUT2D eigenvalue weighted by atomic mass is 19.4. The Morgan fingerprint density at radius 2 is 2.00 bits per heavy atom. The molecule has 0 bridgehead atoms. The molecule has 1 amide bonds. The van der Waals surface area contributed by atoms with Crippen molar-refractivity contribution in [3.63, 3.8) is 0 Å². The lowest BCUT2D eigenvalue weighted by molar-refractivity contribution is -0.153. The Hall–Kier alpha value is -2.13. The van der Waals surface area contributed by atoms with Gasteiger partial charge in [0, 0.05) is 12.7 Å². The molecule has 0 spiro atoms. The summed E-state index contributed by atoms with van der Waals surface area (Å²) in [7, 11) is 0. The van der Waals surface area contributed by atoms with E-state index in [2.05, 4.69) is 5.10 Å². The van der Waals surface area contributed by atoms with Gasteiger partial charge in [0.15, 0.2) is 5.69 Å². The number of amides is 1. The van der Waals surface area contributed by atoms with E-state index in [0.717, 1.165) is 21.8 Å². The van der Waals surface area contributed by atoms with Crippen LogP contribution in [-0.2, 0) is 22.3 Å². The number of alkyl halides is 4. The molecule has 1 N–H and O–H groups in total. The van der Waals surface area contributed by atoms with Gasteiger partial charge in [0.1, 0.15) is 17.6 Å². The van der Waals surface area contributed by atoms with Crippen molar-refractivity contribution < 1.29 is 32.3 Å². The number of halogens is 4. The molecule has 1 aliphatic carbocycles. The van der Waals surface area contributed by atoms with E-state index in [9.17, 15) is 32.3 Å². The van der Waals surface area contributed by atoms with Gasteiger partial charge in [0.2, 0.25) is 5.91 Å². The molecular weight excluding hydrogens is 334 g/mol. The van der Waals surface area contributed by atoms with Crippen LogP contribution in [0.2, 0.25) is 0 Å². The number of likely N-dealkylation sites (tertiary alicyclic amines) is 1. The summed E-state index contributed by atoms with van der Waals surface area (Å²) in [5, 5.41) is 12.7. The van der Waals surface area contributed by atoms with Crippen molar-refractivity contribution in [1.29, 1.82) is 0 Å². The molecule has 132 valence electrons. The molecule has 2 heterocycles. The number of nitrogens with zero attached hydrogens (tertiary/aromatic N) is 3. The van der Waals surface area contributed by atoms with Gasteiger partial charge in [0.05, 0.1) is 6.54 Å². The molecule has 2 aliphatic rings. The molecule has 1 saturated carbocycles. The zero-order chi connectivity index (χ0) is 17.8. The highest BCUT2D eigenvalue weighted by molar-refractivity contribution is 5.82. The van der Waals surface area contributed by atoms with Crippen molar-refractivity contribution >= 4 is 11.9 Å². The number of hydrogen-bond acceptors (Lipinski definition) is 3. The summed E-state index contributed by atoms with van der Waals surface area (Å²) in [6.45, 7) is -1.13. The second kappa shape index (κ2) is 5.18. The molecule has 1 aliphatic heterocycles. The van der Waals surface area contributed by atoms with E-state index in [-0.39, 0.29) is 25.9 Å². The number of rotatable bonds is 3. The Morgan fingerprint density at radius 3 is 2.54 bits per heavy atom. The van der Waals surface area contributed by atoms with Crippen LogP contribution < -0.4 is 0 Å². The molecule has 10 heteroatoms. The minimum Gasteiger partial charge on any atom is -0.481 e. The predicted octanol–water partition coefficient (Wildman–Crippen LogP) is 1.71. The average molecular weight is 349 g/mol. The lowest BCUT2D eigenvalue weighted by atomic mass is 9.78. The average Bonchev–Trinajstić information content (AvgIpc) is 3.09. The summed E-state index contributed by atoms with van der Waals surface area (Å²) in [5.74, 6) is -1.94. The monoisotopic (exact) mass is 349 g/mol. The van der Waals surface area contributed by atoms with E-state index in [1.807, 2.05) is 0 Å². The van der Waals surface area contributed by atoms with E-state index < -0.39 is 41.4 Å². The number of carbonyl (C=O) groups excluding carboxylic acids is 1. The molecule has 2 fully saturated rings. The van der Waals surface area contributed by atoms with Gasteiger partial charge < -0.3 is 10.0 Å². The fraction of sp³-hybridized carbons (Fsp3) is 0.643. The van der Waals surface area contributed by atoms with Crippen molar-refractivity contribution in [2.45, 2.75) is 37.7 Å². The molecular formula is C14H15F4N3O3. The number of fused-ring (bicyclic) bond motifs is 1. The standard InChI is InChI=1S/C14H15F4N3O3/c15-13-4-1-3-12(13,11(23)24)7-20(8-13)10(22)6-21-5-2-9(19-21)14(16,17)18/h2,5H,1,3-4,6-8H2,(H,23,24)/t12-,13-/m1/s1. The van der Waals surface area contributed by atoms with Crippen molar-refractivity contribution in [1.82, 2.24) is 14.7 Å². The van der Waals surface area contributed by atoms with Gasteiger partial charge in [-0.3, -0.25) is 14.3 Å². The van der Waals surface area contributed by atoms with Gasteiger partial charge in [-0.1, -0.05) is 0 Å². The fourth-order valence-electron chi connectivity index (χ4n) is 3.65. The minimum atomic E-state index is -4.62. The SMILES string of the molecule is O=C(Cn1ccc(C(F)(F)F)n1)N1C[C@]2(F)CCC[C@]2(C(=O)O)C1. The molecule has 3 rings (SSSR count). The van der Waals surface area contributed by atoms with Crippen LogP contribution in [0.4, 0.5) is 17.6 Å². The van der Waals surface area contributed by atoms with E-state index in [0.29, 0.717) is 6.42 Å². The van der Waals surface area contributed by atoms with Gasteiger partial charge >= 0.3 is 12.1 Å². The third kappa shape index (κ3) is 2.44. The smallest absolute Gasteiger partial charge is 0.435 e. The second-order valence-electron chi connectivity index (χ2n) is 6.35. The van der Waals surface area contributed by atoms with Crippen molar-refractivity contribution in [3.8, 4) is 0 Å². The van der Waals surface area contributed by atoms with Crippen LogP contribution >= 0.6 is 0 Å². The number of carbonyl (C=O) groups is 2.